The minimum Gasteiger partial charge on any atom is -0.481 e. The number of esters is 1. The third-order valence-electron chi connectivity index (χ3n) is 2.52. The third-order valence-corrected chi connectivity index (χ3v) is 2.52. The number of methoxy groups -OCH3 is 2. The number of hydrogen-bond donors (Lipinski definition) is 0. The molecule has 8 heteroatoms. The van der Waals surface area contributed by atoms with Crippen molar-refractivity contribution in [3.05, 3.63) is 30.1 Å². The van der Waals surface area contributed by atoms with Crippen LogP contribution in [0.15, 0.2) is 24.4 Å². The third kappa shape index (κ3) is 3.60. The fraction of sp³-hybridized carbons (Fsp3) is 0.286. The van der Waals surface area contributed by atoms with Gasteiger partial charge in [0.15, 0.2) is 11.4 Å². The molecule has 2 aromatic heterocycles. The van der Waals surface area contributed by atoms with Crippen LogP contribution in [-0.4, -0.2) is 41.7 Å². The highest BCUT2D eigenvalue weighted by Gasteiger charge is 2.17. The lowest BCUT2D eigenvalue weighted by molar-refractivity contribution is 0.0516. The van der Waals surface area contributed by atoms with E-state index >= 15 is 0 Å². The maximum absolute atomic E-state index is 11.8. The van der Waals surface area contributed by atoms with E-state index in [1.807, 2.05) is 0 Å². The van der Waals surface area contributed by atoms with Gasteiger partial charge in [-0.25, -0.2) is 9.78 Å². The molecular weight excluding hydrogens is 290 g/mol. The van der Waals surface area contributed by atoms with E-state index in [2.05, 4.69) is 15.0 Å². The Bertz CT molecular complexity index is 640. The van der Waals surface area contributed by atoms with E-state index in [4.69, 9.17) is 18.9 Å². The van der Waals surface area contributed by atoms with Crippen LogP contribution in [0, 0.1) is 0 Å². The molecule has 0 fully saturated rings. The first-order valence-electron chi connectivity index (χ1n) is 6.45. The molecule has 0 aliphatic rings. The molecule has 0 unspecified atom stereocenters. The second-order valence-corrected chi connectivity index (χ2v) is 3.91. The summed E-state index contributed by atoms with van der Waals surface area (Å²) < 4.78 is 20.5. The molecule has 0 radical (unpaired) electrons. The second kappa shape index (κ2) is 7.21. The van der Waals surface area contributed by atoms with Gasteiger partial charge in [-0.05, 0) is 19.1 Å². The van der Waals surface area contributed by atoms with Gasteiger partial charge in [0, 0.05) is 6.20 Å². The van der Waals surface area contributed by atoms with Crippen LogP contribution >= 0.6 is 0 Å². The van der Waals surface area contributed by atoms with Crippen molar-refractivity contribution in [3.63, 3.8) is 0 Å². The SMILES string of the molecule is CCOC(=O)c1ncccc1Oc1nc(OC)cc(OC)n1. The minimum absolute atomic E-state index is 0.0326. The summed E-state index contributed by atoms with van der Waals surface area (Å²) in [6.45, 7) is 1.94. The average molecular weight is 305 g/mol. The predicted octanol–water partition coefficient (Wildman–Crippen LogP) is 1.86. The number of hydrogen-bond acceptors (Lipinski definition) is 8. The summed E-state index contributed by atoms with van der Waals surface area (Å²) in [5, 5.41) is 0. The molecule has 22 heavy (non-hydrogen) atoms. The molecule has 2 aromatic rings. The van der Waals surface area contributed by atoms with Gasteiger partial charge in [0.05, 0.1) is 26.9 Å². The van der Waals surface area contributed by atoms with Crippen LogP contribution in [0.5, 0.6) is 23.5 Å². The predicted molar refractivity (Wildman–Crippen MR) is 75.4 cm³/mol. The Balaban J connectivity index is 2.33. The molecule has 0 spiro atoms. The van der Waals surface area contributed by atoms with Crippen molar-refractivity contribution < 1.29 is 23.7 Å². The lowest BCUT2D eigenvalue weighted by Crippen LogP contribution is -2.09. The molecule has 2 rings (SSSR count). The Kier molecular flexibility index (Phi) is 5.07. The van der Waals surface area contributed by atoms with Crippen LogP contribution in [0.2, 0.25) is 0 Å². The van der Waals surface area contributed by atoms with Crippen molar-refractivity contribution in [2.45, 2.75) is 6.92 Å². The first-order valence-corrected chi connectivity index (χ1v) is 6.45. The second-order valence-electron chi connectivity index (χ2n) is 3.91. The van der Waals surface area contributed by atoms with Crippen LogP contribution in [0.3, 0.4) is 0 Å². The molecule has 0 atom stereocenters. The van der Waals surface area contributed by atoms with Crippen LogP contribution in [-0.2, 0) is 4.74 Å². The Morgan fingerprint density at radius 1 is 1.18 bits per heavy atom. The zero-order valence-corrected chi connectivity index (χ0v) is 12.4. The highest BCUT2D eigenvalue weighted by atomic mass is 16.5. The molecule has 0 aliphatic carbocycles. The Labute approximate surface area is 127 Å². The van der Waals surface area contributed by atoms with E-state index < -0.39 is 5.97 Å². The van der Waals surface area contributed by atoms with Crippen molar-refractivity contribution >= 4 is 5.97 Å². The highest BCUT2D eigenvalue weighted by molar-refractivity contribution is 5.90. The molecule has 0 saturated heterocycles. The standard InChI is InChI=1S/C14H15N3O5/c1-4-21-13(18)12-9(6-5-7-15-12)22-14-16-10(19-2)8-11(17-14)20-3/h5-8H,4H2,1-3H3. The Hall–Kier alpha value is -2.90. The van der Waals surface area contributed by atoms with Crippen molar-refractivity contribution in [2.24, 2.45) is 0 Å². The molecule has 2 heterocycles. The fourth-order valence-electron chi connectivity index (χ4n) is 1.56. The van der Waals surface area contributed by atoms with Gasteiger partial charge in [-0.3, -0.25) is 0 Å². The summed E-state index contributed by atoms with van der Waals surface area (Å²) in [6, 6.07) is 4.65. The molecule has 0 N–H and O–H groups in total. The van der Waals surface area contributed by atoms with E-state index in [9.17, 15) is 4.79 Å². The van der Waals surface area contributed by atoms with Crippen molar-refractivity contribution in [3.8, 4) is 23.5 Å². The van der Waals surface area contributed by atoms with E-state index in [0.29, 0.717) is 0 Å². The van der Waals surface area contributed by atoms with Gasteiger partial charge in [-0.1, -0.05) is 0 Å². The van der Waals surface area contributed by atoms with Gasteiger partial charge < -0.3 is 18.9 Å². The number of carbonyl (C=O) groups is 1. The summed E-state index contributed by atoms with van der Waals surface area (Å²) in [5.74, 6) is 0.121. The number of carbonyl (C=O) groups excluding carboxylic acids is 1. The van der Waals surface area contributed by atoms with Crippen molar-refractivity contribution in [2.75, 3.05) is 20.8 Å². The first kappa shape index (κ1) is 15.5. The first-order chi connectivity index (χ1) is 10.7. The maximum Gasteiger partial charge on any atom is 0.360 e. The minimum atomic E-state index is -0.590. The van der Waals surface area contributed by atoms with Gasteiger partial charge in [-0.15, -0.1) is 0 Å². The van der Waals surface area contributed by atoms with Crippen LogP contribution in [0.4, 0.5) is 0 Å². The van der Waals surface area contributed by atoms with Gasteiger partial charge in [-0.2, -0.15) is 9.97 Å². The molecule has 0 aromatic carbocycles. The fourth-order valence-corrected chi connectivity index (χ4v) is 1.56. The molecule has 8 nitrogen and oxygen atoms in total. The zero-order chi connectivity index (χ0) is 15.9. The normalized spacial score (nSPS) is 9.95. The molecule has 0 amide bonds. The highest BCUT2D eigenvalue weighted by Crippen LogP contribution is 2.25. The zero-order valence-electron chi connectivity index (χ0n) is 12.4. The number of nitrogens with zero attached hydrogens (tertiary/aromatic N) is 3. The van der Waals surface area contributed by atoms with Gasteiger partial charge in [0.25, 0.3) is 0 Å². The van der Waals surface area contributed by atoms with Crippen LogP contribution in [0.1, 0.15) is 17.4 Å². The van der Waals surface area contributed by atoms with E-state index in [0.717, 1.165) is 0 Å². The van der Waals surface area contributed by atoms with Crippen LogP contribution in [0.25, 0.3) is 0 Å². The molecule has 0 saturated carbocycles. The largest absolute Gasteiger partial charge is 0.481 e. The van der Waals surface area contributed by atoms with Gasteiger partial charge >= 0.3 is 12.0 Å². The van der Waals surface area contributed by atoms with E-state index in [1.165, 1.54) is 26.5 Å². The summed E-state index contributed by atoms with van der Waals surface area (Å²) in [4.78, 5) is 23.9. The number of ether oxygens (including phenoxy) is 4. The molecule has 116 valence electrons. The Morgan fingerprint density at radius 3 is 2.45 bits per heavy atom. The average Bonchev–Trinajstić information content (AvgIpc) is 2.55. The monoisotopic (exact) mass is 305 g/mol. The molecule has 0 bridgehead atoms. The molecule has 0 aliphatic heterocycles. The smallest absolute Gasteiger partial charge is 0.360 e. The number of aromatic nitrogens is 3. The number of pyridine rings is 1. The lowest BCUT2D eigenvalue weighted by atomic mass is 10.3. The molecular formula is C14H15N3O5. The number of rotatable bonds is 6. The van der Waals surface area contributed by atoms with E-state index in [-0.39, 0.29) is 35.8 Å². The van der Waals surface area contributed by atoms with Crippen molar-refractivity contribution in [1.29, 1.82) is 0 Å². The summed E-state index contributed by atoms with van der Waals surface area (Å²) in [6.07, 6.45) is 1.46. The Morgan fingerprint density at radius 2 is 1.86 bits per heavy atom. The van der Waals surface area contributed by atoms with Gasteiger partial charge in [0.1, 0.15) is 0 Å². The summed E-state index contributed by atoms with van der Waals surface area (Å²) in [5.41, 5.74) is 0.0368. The summed E-state index contributed by atoms with van der Waals surface area (Å²) in [7, 11) is 2.92. The van der Waals surface area contributed by atoms with Gasteiger partial charge in [0.2, 0.25) is 11.8 Å². The maximum atomic E-state index is 11.8. The van der Waals surface area contributed by atoms with Crippen molar-refractivity contribution in [1.82, 2.24) is 15.0 Å². The topological polar surface area (TPSA) is 92.7 Å². The van der Waals surface area contributed by atoms with E-state index in [1.54, 1.807) is 19.1 Å². The van der Waals surface area contributed by atoms with Crippen LogP contribution < -0.4 is 14.2 Å². The lowest BCUT2D eigenvalue weighted by Gasteiger charge is -2.09. The summed E-state index contributed by atoms with van der Waals surface area (Å²) >= 11 is 0. The quantitative estimate of drug-likeness (QED) is 0.747.